The van der Waals surface area contributed by atoms with Crippen molar-refractivity contribution in [3.63, 3.8) is 0 Å². The van der Waals surface area contributed by atoms with Crippen molar-refractivity contribution in [2.75, 3.05) is 24.5 Å². The van der Waals surface area contributed by atoms with E-state index in [-0.39, 0.29) is 5.75 Å². The van der Waals surface area contributed by atoms with Crippen LogP contribution in [0, 0.1) is 5.92 Å². The van der Waals surface area contributed by atoms with Crippen LogP contribution in [0.5, 0.6) is 5.75 Å². The van der Waals surface area contributed by atoms with E-state index in [0.717, 1.165) is 30.9 Å². The summed E-state index contributed by atoms with van der Waals surface area (Å²) in [4.78, 5) is 2.26. The van der Waals surface area contributed by atoms with Crippen molar-refractivity contribution in [3.05, 3.63) is 60.2 Å². The van der Waals surface area contributed by atoms with Crippen LogP contribution in [0.4, 0.5) is 18.9 Å². The highest BCUT2D eigenvalue weighted by Crippen LogP contribution is 2.24. The van der Waals surface area contributed by atoms with Gasteiger partial charge in [0, 0.05) is 37.8 Å². The molecule has 0 atom stereocenters. The molecular formula is C18H19F3N2O. The molecular weight excluding hydrogens is 317 g/mol. The number of nitrogens with zero attached hydrogens (tertiary/aromatic N) is 1. The number of hydrogen-bond acceptors (Lipinski definition) is 3. The maximum Gasteiger partial charge on any atom is 0.573 e. The second-order valence-corrected chi connectivity index (χ2v) is 5.93. The van der Waals surface area contributed by atoms with Crippen LogP contribution in [0.15, 0.2) is 54.6 Å². The Morgan fingerprint density at radius 2 is 1.67 bits per heavy atom. The number of halogens is 3. The molecule has 2 aromatic carbocycles. The van der Waals surface area contributed by atoms with Crippen LogP contribution in [0.2, 0.25) is 0 Å². The van der Waals surface area contributed by atoms with E-state index in [1.54, 1.807) is 12.1 Å². The van der Waals surface area contributed by atoms with E-state index in [4.69, 9.17) is 0 Å². The van der Waals surface area contributed by atoms with Crippen molar-refractivity contribution >= 4 is 5.69 Å². The quantitative estimate of drug-likeness (QED) is 0.868. The van der Waals surface area contributed by atoms with Crippen molar-refractivity contribution < 1.29 is 17.9 Å². The van der Waals surface area contributed by atoms with E-state index in [1.807, 2.05) is 30.3 Å². The highest BCUT2D eigenvalue weighted by Gasteiger charge is 2.31. The van der Waals surface area contributed by atoms with Crippen molar-refractivity contribution in [2.45, 2.75) is 12.9 Å². The van der Waals surface area contributed by atoms with Crippen LogP contribution in [-0.2, 0) is 6.54 Å². The second kappa shape index (κ2) is 7.13. The summed E-state index contributed by atoms with van der Waals surface area (Å²) in [6, 6.07) is 16.1. The molecule has 0 aromatic heterocycles. The Hall–Kier alpha value is -2.21. The Kier molecular flexibility index (Phi) is 4.94. The summed E-state index contributed by atoms with van der Waals surface area (Å²) >= 11 is 0. The largest absolute Gasteiger partial charge is 0.573 e. The third kappa shape index (κ3) is 4.64. The summed E-state index contributed by atoms with van der Waals surface area (Å²) in [5.74, 6) is 0.402. The van der Waals surface area contributed by atoms with Gasteiger partial charge in [0.15, 0.2) is 0 Å². The van der Waals surface area contributed by atoms with Gasteiger partial charge in [-0.2, -0.15) is 0 Å². The molecule has 0 spiro atoms. The third-order valence-corrected chi connectivity index (χ3v) is 4.00. The van der Waals surface area contributed by atoms with E-state index in [9.17, 15) is 13.2 Å². The Balaban J connectivity index is 1.70. The molecule has 128 valence electrons. The third-order valence-electron chi connectivity index (χ3n) is 4.00. The lowest BCUT2D eigenvalue weighted by molar-refractivity contribution is -0.274. The zero-order chi connectivity index (χ0) is 17.0. The molecule has 1 aliphatic rings. The first-order valence-electron chi connectivity index (χ1n) is 7.85. The van der Waals surface area contributed by atoms with E-state index in [2.05, 4.69) is 15.0 Å². The molecule has 6 heteroatoms. The maximum absolute atomic E-state index is 12.2. The fourth-order valence-corrected chi connectivity index (χ4v) is 2.71. The van der Waals surface area contributed by atoms with Crippen molar-refractivity contribution in [1.29, 1.82) is 0 Å². The van der Waals surface area contributed by atoms with Crippen molar-refractivity contribution in [3.8, 4) is 5.75 Å². The van der Waals surface area contributed by atoms with Crippen LogP contribution in [0.3, 0.4) is 0 Å². The van der Waals surface area contributed by atoms with Gasteiger partial charge in [-0.15, -0.1) is 13.2 Å². The molecule has 1 aliphatic heterocycles. The number of anilines is 1. The van der Waals surface area contributed by atoms with E-state index < -0.39 is 6.36 Å². The smallest absolute Gasteiger partial charge is 0.406 e. The minimum absolute atomic E-state index is 0.194. The molecule has 1 N–H and O–H groups in total. The Bertz CT molecular complexity index is 640. The molecule has 3 rings (SSSR count). The number of alkyl halides is 3. The molecule has 0 aliphatic carbocycles. The lowest BCUT2D eigenvalue weighted by atomic mass is 10.0. The Morgan fingerprint density at radius 1 is 1.00 bits per heavy atom. The summed E-state index contributed by atoms with van der Waals surface area (Å²) in [5.41, 5.74) is 2.06. The van der Waals surface area contributed by atoms with Crippen molar-refractivity contribution in [1.82, 2.24) is 5.32 Å². The van der Waals surface area contributed by atoms with Gasteiger partial charge in [0.1, 0.15) is 5.75 Å². The topological polar surface area (TPSA) is 24.5 Å². The molecule has 0 amide bonds. The number of nitrogens with one attached hydrogen (secondary N) is 1. The number of para-hydroxylation sites is 1. The lowest BCUT2D eigenvalue weighted by Crippen LogP contribution is -2.48. The van der Waals surface area contributed by atoms with Gasteiger partial charge in [-0.25, -0.2) is 0 Å². The first-order chi connectivity index (χ1) is 11.5. The summed E-state index contributed by atoms with van der Waals surface area (Å²) < 4.78 is 40.6. The van der Waals surface area contributed by atoms with Crippen LogP contribution in [-0.4, -0.2) is 26.0 Å². The van der Waals surface area contributed by atoms with Crippen LogP contribution < -0.4 is 15.0 Å². The van der Waals surface area contributed by atoms with Crippen LogP contribution in [0.25, 0.3) is 0 Å². The standard InChI is InChI=1S/C18H19F3N2O/c19-18(20,21)24-17-8-6-14(7-9-17)12-23(13-15-10-22-11-15)16-4-2-1-3-5-16/h1-9,15,22H,10-13H2. The second-order valence-electron chi connectivity index (χ2n) is 5.93. The number of hydrogen-bond donors (Lipinski definition) is 1. The average Bonchev–Trinajstić information content (AvgIpc) is 2.51. The average molecular weight is 336 g/mol. The SMILES string of the molecule is FC(F)(F)Oc1ccc(CN(CC2CNC2)c2ccccc2)cc1. The van der Waals surface area contributed by atoms with Crippen LogP contribution in [0.1, 0.15) is 5.56 Å². The first-order valence-corrected chi connectivity index (χ1v) is 7.85. The first kappa shape index (κ1) is 16.6. The molecule has 0 saturated carbocycles. The van der Waals surface area contributed by atoms with Gasteiger partial charge in [-0.1, -0.05) is 30.3 Å². The summed E-state index contributed by atoms with van der Waals surface area (Å²) in [5, 5.41) is 3.26. The summed E-state index contributed by atoms with van der Waals surface area (Å²) in [7, 11) is 0. The molecule has 3 nitrogen and oxygen atoms in total. The molecule has 1 fully saturated rings. The minimum atomic E-state index is -4.66. The van der Waals surface area contributed by atoms with Crippen LogP contribution >= 0.6 is 0 Å². The summed E-state index contributed by atoms with van der Waals surface area (Å²) in [6.45, 7) is 3.56. The van der Waals surface area contributed by atoms with Gasteiger partial charge in [0.25, 0.3) is 0 Å². The van der Waals surface area contributed by atoms with Crippen molar-refractivity contribution in [2.24, 2.45) is 5.92 Å². The fourth-order valence-electron chi connectivity index (χ4n) is 2.71. The molecule has 2 aromatic rings. The zero-order valence-electron chi connectivity index (χ0n) is 13.1. The lowest BCUT2D eigenvalue weighted by Gasteiger charge is -2.34. The van der Waals surface area contributed by atoms with E-state index in [0.29, 0.717) is 12.5 Å². The van der Waals surface area contributed by atoms with Gasteiger partial charge in [0.05, 0.1) is 0 Å². The number of ether oxygens (including phenoxy) is 1. The molecule has 0 unspecified atom stereocenters. The zero-order valence-corrected chi connectivity index (χ0v) is 13.1. The molecule has 0 radical (unpaired) electrons. The van der Waals surface area contributed by atoms with Gasteiger partial charge in [0.2, 0.25) is 0 Å². The highest BCUT2D eigenvalue weighted by molar-refractivity contribution is 5.47. The molecule has 1 heterocycles. The summed E-state index contributed by atoms with van der Waals surface area (Å²) in [6.07, 6.45) is -4.66. The van der Waals surface area contributed by atoms with E-state index in [1.165, 1.54) is 12.1 Å². The maximum atomic E-state index is 12.2. The minimum Gasteiger partial charge on any atom is -0.406 e. The highest BCUT2D eigenvalue weighted by atomic mass is 19.4. The monoisotopic (exact) mass is 336 g/mol. The molecule has 1 saturated heterocycles. The predicted molar refractivity (Wildman–Crippen MR) is 87.0 cm³/mol. The van der Waals surface area contributed by atoms with Gasteiger partial charge in [-0.3, -0.25) is 0 Å². The normalized spacial score (nSPS) is 15.0. The Labute approximate surface area is 139 Å². The fraction of sp³-hybridized carbons (Fsp3) is 0.333. The van der Waals surface area contributed by atoms with Gasteiger partial charge < -0.3 is 15.0 Å². The van der Waals surface area contributed by atoms with Gasteiger partial charge >= 0.3 is 6.36 Å². The molecule has 0 bridgehead atoms. The molecule has 24 heavy (non-hydrogen) atoms. The Morgan fingerprint density at radius 3 is 2.21 bits per heavy atom. The van der Waals surface area contributed by atoms with Gasteiger partial charge in [-0.05, 0) is 29.8 Å². The number of rotatable bonds is 6. The number of benzene rings is 2. The van der Waals surface area contributed by atoms with E-state index >= 15 is 0 Å². The predicted octanol–water partition coefficient (Wildman–Crippen LogP) is 3.81.